The van der Waals surface area contributed by atoms with Crippen LogP contribution in [-0.4, -0.2) is 23.1 Å². The van der Waals surface area contributed by atoms with Crippen molar-refractivity contribution in [1.29, 1.82) is 0 Å². The molecule has 1 amide bonds. The lowest BCUT2D eigenvalue weighted by atomic mass is 10.1. The average Bonchev–Trinajstić information content (AvgIpc) is 2.75. The first-order chi connectivity index (χ1) is 14.8. The third-order valence-corrected chi connectivity index (χ3v) is 4.45. The third kappa shape index (κ3) is 4.97. The van der Waals surface area contributed by atoms with Crippen molar-refractivity contribution in [3.8, 4) is 5.75 Å². The first-order valence-corrected chi connectivity index (χ1v) is 9.22. The fraction of sp³-hybridized carbons (Fsp3) is 0.0952. The summed E-state index contributed by atoms with van der Waals surface area (Å²) >= 11 is 4.94. The summed E-state index contributed by atoms with van der Waals surface area (Å²) in [5, 5.41) is 4.33. The molecular formula is C21H15F4N3O2S. The van der Waals surface area contributed by atoms with Crippen molar-refractivity contribution in [3.63, 3.8) is 0 Å². The minimum atomic E-state index is -1.89. The van der Waals surface area contributed by atoms with E-state index in [9.17, 15) is 22.4 Å². The molecule has 10 heteroatoms. The normalized spacial score (nSPS) is 10.5. The van der Waals surface area contributed by atoms with Crippen molar-refractivity contribution in [1.82, 2.24) is 10.3 Å². The van der Waals surface area contributed by atoms with E-state index < -0.39 is 40.5 Å². The van der Waals surface area contributed by atoms with Gasteiger partial charge in [-0.25, -0.2) is 8.78 Å². The van der Waals surface area contributed by atoms with Gasteiger partial charge < -0.3 is 10.1 Å². The number of carbonyl (C=O) groups is 1. The van der Waals surface area contributed by atoms with Crippen molar-refractivity contribution < 1.29 is 27.1 Å². The van der Waals surface area contributed by atoms with E-state index in [4.69, 9.17) is 12.2 Å². The van der Waals surface area contributed by atoms with E-state index >= 15 is 0 Å². The second-order valence-corrected chi connectivity index (χ2v) is 6.71. The number of carbonyl (C=O) groups excluding carboxylic acids is 1. The first-order valence-electron chi connectivity index (χ1n) is 8.82. The monoisotopic (exact) mass is 449 g/mol. The van der Waals surface area contributed by atoms with Gasteiger partial charge in [-0.3, -0.25) is 15.1 Å². The minimum absolute atomic E-state index is 0.317. The topological polar surface area (TPSA) is 63.2 Å². The number of benzene rings is 2. The van der Waals surface area contributed by atoms with Crippen LogP contribution in [-0.2, 0) is 6.42 Å². The summed E-state index contributed by atoms with van der Waals surface area (Å²) in [6.45, 7) is 0. The van der Waals surface area contributed by atoms with E-state index in [1.807, 2.05) is 29.6 Å². The Kier molecular flexibility index (Phi) is 6.81. The molecule has 0 atom stereocenters. The molecule has 0 unspecified atom stereocenters. The largest absolute Gasteiger partial charge is 0.491 e. The third-order valence-electron chi connectivity index (χ3n) is 4.25. The number of nitrogens with one attached hydrogen (secondary N) is 2. The van der Waals surface area contributed by atoms with Gasteiger partial charge in [0.05, 0.1) is 7.11 Å². The molecule has 2 N–H and O–H groups in total. The Morgan fingerprint density at radius 3 is 2.03 bits per heavy atom. The SMILES string of the molecule is COc1c(F)c(F)c(C(=O)NC(=S)Nc2ccc(Cc3ccncc3)cc2)c(F)c1F. The van der Waals surface area contributed by atoms with Gasteiger partial charge in [-0.1, -0.05) is 12.1 Å². The first kappa shape index (κ1) is 22.2. The number of hydrogen-bond donors (Lipinski definition) is 2. The Morgan fingerprint density at radius 2 is 1.48 bits per heavy atom. The zero-order valence-electron chi connectivity index (χ0n) is 16.0. The number of ether oxygens (including phenoxy) is 1. The minimum Gasteiger partial charge on any atom is -0.491 e. The summed E-state index contributed by atoms with van der Waals surface area (Å²) in [7, 11) is 0.835. The van der Waals surface area contributed by atoms with Gasteiger partial charge in [0.2, 0.25) is 11.6 Å². The molecule has 0 bridgehead atoms. The van der Waals surface area contributed by atoms with Gasteiger partial charge in [-0.15, -0.1) is 0 Å². The standard InChI is InChI=1S/C21H15F4N3O2S/c1-30-19-17(24)15(22)14(16(23)18(19)25)20(29)28-21(31)27-13-4-2-11(3-5-13)10-12-6-8-26-9-7-12/h2-9H,10H2,1H3,(H2,27,28,29,31). The van der Waals surface area contributed by atoms with Crippen LogP contribution in [0.5, 0.6) is 5.75 Å². The number of aromatic nitrogens is 1. The molecule has 0 aliphatic rings. The second kappa shape index (κ2) is 9.52. The lowest BCUT2D eigenvalue weighted by molar-refractivity contribution is 0.0966. The summed E-state index contributed by atoms with van der Waals surface area (Å²) < 4.78 is 60.0. The van der Waals surface area contributed by atoms with Crippen LogP contribution in [0.25, 0.3) is 0 Å². The Bertz CT molecular complexity index is 1100. The molecule has 0 aliphatic heterocycles. The molecule has 5 nitrogen and oxygen atoms in total. The summed E-state index contributed by atoms with van der Waals surface area (Å²) in [4.78, 5) is 16.1. The van der Waals surface area contributed by atoms with Crippen molar-refractivity contribution in [3.05, 3.63) is 88.8 Å². The highest BCUT2D eigenvalue weighted by atomic mass is 32.1. The van der Waals surface area contributed by atoms with Crippen LogP contribution in [0.2, 0.25) is 0 Å². The molecule has 2 aromatic carbocycles. The van der Waals surface area contributed by atoms with E-state index in [0.717, 1.165) is 18.2 Å². The van der Waals surface area contributed by atoms with E-state index in [-0.39, 0.29) is 5.11 Å². The maximum atomic E-state index is 14.1. The zero-order chi connectivity index (χ0) is 22.5. The second-order valence-electron chi connectivity index (χ2n) is 6.30. The fourth-order valence-electron chi connectivity index (χ4n) is 2.76. The summed E-state index contributed by atoms with van der Waals surface area (Å²) in [6.07, 6.45) is 4.06. The number of amides is 1. The lowest BCUT2D eigenvalue weighted by Gasteiger charge is -2.13. The van der Waals surface area contributed by atoms with E-state index in [1.165, 1.54) is 0 Å². The van der Waals surface area contributed by atoms with Crippen LogP contribution in [0.3, 0.4) is 0 Å². The molecule has 0 fully saturated rings. The highest BCUT2D eigenvalue weighted by Crippen LogP contribution is 2.29. The van der Waals surface area contributed by atoms with Crippen LogP contribution >= 0.6 is 12.2 Å². The Labute approximate surface area is 180 Å². The van der Waals surface area contributed by atoms with Gasteiger partial charge in [0.25, 0.3) is 5.91 Å². The Hall–Kier alpha value is -3.53. The number of methoxy groups -OCH3 is 1. The Balaban J connectivity index is 1.68. The van der Waals surface area contributed by atoms with Crippen LogP contribution in [0.15, 0.2) is 48.8 Å². The fourth-order valence-corrected chi connectivity index (χ4v) is 2.97. The number of hydrogen-bond acceptors (Lipinski definition) is 4. The highest BCUT2D eigenvalue weighted by molar-refractivity contribution is 7.80. The molecule has 3 aromatic rings. The number of nitrogens with zero attached hydrogens (tertiary/aromatic N) is 1. The molecule has 0 saturated carbocycles. The van der Waals surface area contributed by atoms with Gasteiger partial charge in [0.15, 0.2) is 22.5 Å². The van der Waals surface area contributed by atoms with Crippen molar-refractivity contribution in [2.45, 2.75) is 6.42 Å². The predicted octanol–water partition coefficient (Wildman–Crippen LogP) is 4.36. The van der Waals surface area contributed by atoms with Gasteiger partial charge >= 0.3 is 0 Å². The number of thiocarbonyl (C=S) groups is 1. The smallest absolute Gasteiger partial charge is 0.263 e. The molecule has 0 spiro atoms. The van der Waals surface area contributed by atoms with Crippen LogP contribution in [0.4, 0.5) is 23.2 Å². The van der Waals surface area contributed by atoms with Gasteiger partial charge in [-0.05, 0) is 54.0 Å². The van der Waals surface area contributed by atoms with E-state index in [2.05, 4.69) is 15.0 Å². The highest BCUT2D eigenvalue weighted by Gasteiger charge is 2.30. The summed E-state index contributed by atoms with van der Waals surface area (Å²) in [5.74, 6) is -10.2. The maximum Gasteiger partial charge on any atom is 0.263 e. The molecule has 0 radical (unpaired) electrons. The zero-order valence-corrected chi connectivity index (χ0v) is 16.8. The van der Waals surface area contributed by atoms with E-state index in [1.54, 1.807) is 24.5 Å². The lowest BCUT2D eigenvalue weighted by Crippen LogP contribution is -2.35. The molecule has 160 valence electrons. The molecule has 1 heterocycles. The van der Waals surface area contributed by atoms with Crippen LogP contribution < -0.4 is 15.4 Å². The predicted molar refractivity (Wildman–Crippen MR) is 110 cm³/mol. The molecule has 3 rings (SSSR count). The molecule has 31 heavy (non-hydrogen) atoms. The molecule has 0 aliphatic carbocycles. The molecule has 1 aromatic heterocycles. The van der Waals surface area contributed by atoms with Gasteiger partial charge in [-0.2, -0.15) is 8.78 Å². The van der Waals surface area contributed by atoms with Gasteiger partial charge in [0, 0.05) is 18.1 Å². The maximum absolute atomic E-state index is 14.1. The quantitative estimate of drug-likeness (QED) is 0.344. The van der Waals surface area contributed by atoms with Crippen molar-refractivity contribution in [2.24, 2.45) is 0 Å². The average molecular weight is 449 g/mol. The Morgan fingerprint density at radius 1 is 0.935 bits per heavy atom. The van der Waals surface area contributed by atoms with Crippen LogP contribution in [0, 0.1) is 23.3 Å². The van der Waals surface area contributed by atoms with E-state index in [0.29, 0.717) is 12.1 Å². The van der Waals surface area contributed by atoms with Crippen molar-refractivity contribution >= 4 is 28.9 Å². The molecular weight excluding hydrogens is 434 g/mol. The summed E-state index contributed by atoms with van der Waals surface area (Å²) in [5.41, 5.74) is 1.10. The number of rotatable bonds is 5. The van der Waals surface area contributed by atoms with Crippen LogP contribution in [0.1, 0.15) is 21.5 Å². The molecule has 0 saturated heterocycles. The van der Waals surface area contributed by atoms with Crippen molar-refractivity contribution in [2.75, 3.05) is 12.4 Å². The van der Waals surface area contributed by atoms with Gasteiger partial charge in [0.1, 0.15) is 5.56 Å². The number of anilines is 1. The summed E-state index contributed by atoms with van der Waals surface area (Å²) in [6, 6.07) is 10.8. The number of pyridine rings is 1. The number of halogens is 4.